The Morgan fingerprint density at radius 2 is 1.33 bits per heavy atom. The van der Waals surface area contributed by atoms with Crippen molar-refractivity contribution in [3.05, 3.63) is 0 Å². The van der Waals surface area contributed by atoms with Gasteiger partial charge in [0.05, 0.1) is 0 Å². The Morgan fingerprint density at radius 3 is 1.75 bits per heavy atom. The van der Waals surface area contributed by atoms with Crippen LogP contribution in [0.5, 0.6) is 0 Å². The van der Waals surface area contributed by atoms with E-state index in [4.69, 9.17) is 5.48 Å². The maximum Gasteiger partial charge on any atom is 0.230 e. The van der Waals surface area contributed by atoms with Crippen molar-refractivity contribution in [2.24, 2.45) is 0 Å². The monoisotopic (exact) mass is 352 g/mol. The standard InChI is InChI=1S/C14H20O10/c1-5(15)9(19)11(21)13(23,7(3)17)14(24,8(4)18)12(22)10(20)6(2)16/h9,11-12,19,21-24H,1-4H3/t9?,11-,12-,13-,14-/m1/s1/i1D,2D,3D,4D. The molecule has 10 heteroatoms. The Kier molecular flexibility index (Phi) is 4.81. The maximum absolute atomic E-state index is 12.1. The molecule has 0 aromatic rings. The lowest BCUT2D eigenvalue weighted by molar-refractivity contribution is -0.234. The molecule has 0 aliphatic rings. The molecule has 0 aliphatic carbocycles. The van der Waals surface area contributed by atoms with Crippen molar-refractivity contribution in [2.45, 2.75) is 57.1 Å². The number of Topliss-reactive ketones (excluding diaryl/α,β-unsaturated/α-hetero) is 5. The number of aliphatic hydroxyl groups excluding tert-OH is 3. The van der Waals surface area contributed by atoms with Crippen molar-refractivity contribution in [1.29, 1.82) is 0 Å². The summed E-state index contributed by atoms with van der Waals surface area (Å²) in [7, 11) is 0. The molecule has 0 aromatic carbocycles. The quantitative estimate of drug-likeness (QED) is 0.260. The van der Waals surface area contributed by atoms with Crippen molar-refractivity contribution >= 4 is 28.9 Å². The molecule has 136 valence electrons. The first-order valence-electron chi connectivity index (χ1n) is 8.97. The molecule has 0 aliphatic heterocycles. The number of carbonyl (C=O) groups is 5. The Labute approximate surface area is 142 Å². The van der Waals surface area contributed by atoms with Gasteiger partial charge in [0.1, 0.15) is 12.2 Å². The average Bonchev–Trinajstić information content (AvgIpc) is 2.72. The Hall–Kier alpha value is -1.85. The molecule has 0 aromatic heterocycles. The minimum atomic E-state index is -4.13. The topological polar surface area (TPSA) is 186 Å². The number of carbonyl (C=O) groups excluding carboxylic acids is 5. The summed E-state index contributed by atoms with van der Waals surface area (Å²) in [6.45, 7) is -5.48. The van der Waals surface area contributed by atoms with Gasteiger partial charge in [0, 0.05) is 12.4 Å². The van der Waals surface area contributed by atoms with Gasteiger partial charge in [0.15, 0.2) is 40.4 Å². The summed E-state index contributed by atoms with van der Waals surface area (Å²) in [5.41, 5.74) is -8.22. The molecule has 0 radical (unpaired) electrons. The zero-order valence-electron chi connectivity index (χ0n) is 16.3. The summed E-state index contributed by atoms with van der Waals surface area (Å²) in [6, 6.07) is 0. The lowest BCUT2D eigenvalue weighted by Gasteiger charge is -2.45. The first-order valence-corrected chi connectivity index (χ1v) is 6.14. The van der Waals surface area contributed by atoms with Crippen LogP contribution in [-0.2, 0) is 24.0 Å². The number of aliphatic hydroxyl groups is 5. The summed E-state index contributed by atoms with van der Waals surface area (Å²) < 4.78 is 27.7. The van der Waals surface area contributed by atoms with Gasteiger partial charge in [-0.05, 0) is 20.7 Å². The van der Waals surface area contributed by atoms with Crippen LogP contribution in [0.1, 0.15) is 33.1 Å². The summed E-state index contributed by atoms with van der Waals surface area (Å²) in [5.74, 6) is -9.15. The van der Waals surface area contributed by atoms with Crippen molar-refractivity contribution in [2.75, 3.05) is 0 Å². The molecule has 0 saturated heterocycles. The second-order valence-electron chi connectivity index (χ2n) is 4.93. The third kappa shape index (κ3) is 3.32. The summed E-state index contributed by atoms with van der Waals surface area (Å²) >= 11 is 0. The van der Waals surface area contributed by atoms with E-state index in [1.54, 1.807) is 0 Å². The van der Waals surface area contributed by atoms with E-state index in [1.807, 2.05) is 0 Å². The van der Waals surface area contributed by atoms with E-state index < -0.39 is 86.0 Å². The van der Waals surface area contributed by atoms with Crippen molar-refractivity contribution in [3.8, 4) is 0 Å². The molecule has 0 rings (SSSR count). The summed E-state index contributed by atoms with van der Waals surface area (Å²) in [4.78, 5) is 59.0. The lowest BCUT2D eigenvalue weighted by atomic mass is 9.68. The molecule has 0 bridgehead atoms. The molecule has 0 amide bonds. The first kappa shape index (κ1) is 15.7. The molecule has 0 spiro atoms. The zero-order chi connectivity index (χ0) is 22.4. The van der Waals surface area contributed by atoms with E-state index in [9.17, 15) is 49.5 Å². The minimum absolute atomic E-state index is 1.19. The molecule has 0 saturated carbocycles. The molecule has 5 atom stereocenters. The highest BCUT2D eigenvalue weighted by Gasteiger charge is 2.67. The third-order valence-corrected chi connectivity index (χ3v) is 3.41. The van der Waals surface area contributed by atoms with E-state index in [1.165, 1.54) is 0 Å². The largest absolute Gasteiger partial charge is 0.386 e. The maximum atomic E-state index is 12.1. The summed E-state index contributed by atoms with van der Waals surface area (Å²) in [6.07, 6.45) is -9.19. The molecule has 0 heterocycles. The van der Waals surface area contributed by atoms with Gasteiger partial charge < -0.3 is 25.5 Å². The van der Waals surface area contributed by atoms with Crippen LogP contribution in [0, 0.1) is 0 Å². The lowest BCUT2D eigenvalue weighted by Crippen LogP contribution is -2.76. The normalized spacial score (nSPS) is 22.2. The predicted molar refractivity (Wildman–Crippen MR) is 75.7 cm³/mol. The van der Waals surface area contributed by atoms with Crippen LogP contribution in [0.2, 0.25) is 0 Å². The van der Waals surface area contributed by atoms with E-state index in [2.05, 4.69) is 0 Å². The van der Waals surface area contributed by atoms with Crippen LogP contribution in [0.15, 0.2) is 0 Å². The highest BCUT2D eigenvalue weighted by atomic mass is 16.4. The number of rotatable bonds is 9. The Bertz CT molecular complexity index is 656. The van der Waals surface area contributed by atoms with Crippen LogP contribution in [0.25, 0.3) is 0 Å². The van der Waals surface area contributed by atoms with Crippen LogP contribution < -0.4 is 0 Å². The van der Waals surface area contributed by atoms with E-state index >= 15 is 0 Å². The fourth-order valence-electron chi connectivity index (χ4n) is 1.92. The van der Waals surface area contributed by atoms with Crippen LogP contribution >= 0.6 is 0 Å². The average molecular weight is 352 g/mol. The van der Waals surface area contributed by atoms with Gasteiger partial charge >= 0.3 is 0 Å². The molecular formula is C14H20O10. The third-order valence-electron chi connectivity index (χ3n) is 3.41. The first-order chi connectivity index (χ1) is 12.8. The smallest absolute Gasteiger partial charge is 0.230 e. The van der Waals surface area contributed by atoms with Crippen molar-refractivity contribution in [1.82, 2.24) is 0 Å². The van der Waals surface area contributed by atoms with E-state index in [0.717, 1.165) is 0 Å². The van der Waals surface area contributed by atoms with Gasteiger partial charge in [-0.3, -0.25) is 24.0 Å². The molecular weight excluding hydrogens is 328 g/mol. The number of ketones is 5. The Morgan fingerprint density at radius 1 is 0.833 bits per heavy atom. The van der Waals surface area contributed by atoms with Gasteiger partial charge in [0.25, 0.3) is 0 Å². The van der Waals surface area contributed by atoms with Gasteiger partial charge in [-0.15, -0.1) is 0 Å². The molecule has 1 unspecified atom stereocenters. The van der Waals surface area contributed by atoms with E-state index in [-0.39, 0.29) is 0 Å². The zero-order valence-corrected chi connectivity index (χ0v) is 12.3. The fourth-order valence-corrected chi connectivity index (χ4v) is 1.92. The minimum Gasteiger partial charge on any atom is -0.386 e. The molecule has 24 heavy (non-hydrogen) atoms. The highest BCUT2D eigenvalue weighted by Crippen LogP contribution is 2.34. The molecule has 5 N–H and O–H groups in total. The highest BCUT2D eigenvalue weighted by molar-refractivity contribution is 6.39. The fraction of sp³-hybridized carbons (Fsp3) is 0.643. The van der Waals surface area contributed by atoms with Crippen molar-refractivity contribution < 1.29 is 55.0 Å². The van der Waals surface area contributed by atoms with Crippen molar-refractivity contribution in [3.63, 3.8) is 0 Å². The Balaban J connectivity index is 6.80. The second kappa shape index (κ2) is 7.36. The number of hydrogen-bond acceptors (Lipinski definition) is 10. The van der Waals surface area contributed by atoms with Gasteiger partial charge in [-0.2, -0.15) is 0 Å². The molecule has 10 nitrogen and oxygen atoms in total. The summed E-state index contributed by atoms with van der Waals surface area (Å²) in [5, 5.41) is 51.2. The SMILES string of the molecule is [2H]CC(=O)C(=O)[C@@H](O)[C@](O)(C(=O)C[2H])[C@@](O)(C(=O)C[2H])[C@H](O)C(O)C(=O)C[2H]. The predicted octanol–water partition coefficient (Wildman–Crippen LogP) is -3.54. The van der Waals surface area contributed by atoms with Gasteiger partial charge in [-0.25, -0.2) is 0 Å². The van der Waals surface area contributed by atoms with E-state index in [0.29, 0.717) is 0 Å². The number of hydrogen-bond donors (Lipinski definition) is 5. The second-order valence-corrected chi connectivity index (χ2v) is 4.93. The molecule has 0 fully saturated rings. The van der Waals surface area contributed by atoms with Gasteiger partial charge in [-0.1, -0.05) is 0 Å². The van der Waals surface area contributed by atoms with Crippen LogP contribution in [0.4, 0.5) is 0 Å². The van der Waals surface area contributed by atoms with Gasteiger partial charge in [0.2, 0.25) is 5.78 Å². The van der Waals surface area contributed by atoms with Crippen LogP contribution in [0.3, 0.4) is 0 Å². The van der Waals surface area contributed by atoms with Crippen LogP contribution in [-0.4, -0.2) is 84.0 Å².